The third kappa shape index (κ3) is 0. The summed E-state index contributed by atoms with van der Waals surface area (Å²) in [6.45, 7) is 0. The van der Waals surface area contributed by atoms with E-state index in [1.54, 1.807) is 0 Å². The molecule has 0 amide bonds. The molecule has 0 aromatic rings. The second kappa shape index (κ2) is 0. The molecule has 0 aliphatic heterocycles. The van der Waals surface area contributed by atoms with Crippen molar-refractivity contribution in [3.05, 3.63) is 0 Å². The Kier molecular flexibility index (Phi) is 0. The van der Waals surface area contributed by atoms with Gasteiger partial charge in [0.1, 0.15) is 0 Å². The van der Waals surface area contributed by atoms with E-state index in [-0.39, 0.29) is 457 Å². The summed E-state index contributed by atoms with van der Waals surface area (Å²) < 4.78 is 0. The molecule has 0 spiro atoms. The van der Waals surface area contributed by atoms with Crippen LogP contribution in [0.5, 0.6) is 0 Å². The summed E-state index contributed by atoms with van der Waals surface area (Å²) in [7, 11) is 0. The highest BCUT2D eigenvalue weighted by molar-refractivity contribution is 2.52. The molecule has 590 valence electrons. The third-order valence-electron chi connectivity index (χ3n) is 0. The Bertz CT molecular complexity index is 102. The van der Waals surface area contributed by atoms with E-state index in [9.17, 15) is 0 Å². The zero-order valence-corrected chi connectivity index (χ0v) is 0. The van der Waals surface area contributed by atoms with Gasteiger partial charge in [-0.1, -0.05) is 156 Å². The van der Waals surface area contributed by atoms with Gasteiger partial charge in [0.05, 0.1) is 0 Å². The van der Waals surface area contributed by atoms with Crippen LogP contribution in [0, 0.1) is 0 Å². The van der Waals surface area contributed by atoms with E-state index >= 15 is 0 Å². The van der Waals surface area contributed by atoms with E-state index in [2.05, 4.69) is 0 Å². The molecular weight excluding hydrogens is 252 g/mol. The standard InChI is InChI=1S/21CH4.211H2/h21*1H4;211*1H. The molecule has 0 radical (unpaired) electrons. The largest absolute Gasteiger partial charge is 0.0776 e. The molecule has 0 saturated carbocycles. The molecule has 0 aromatic heterocycles. The lowest BCUT2D eigenvalue weighted by molar-refractivity contribution is 2.50. The molecule has 0 bridgehead atoms. The fourth-order valence-corrected chi connectivity index (χ4v) is 0. The highest BCUT2D eigenvalue weighted by Gasteiger charge is -0.0576. The minimum absolute atomic E-state index is 0. The Labute approximate surface area is 469 Å². The monoisotopic (exact) mass is 762 g/mol. The number of hydrogen-bond acceptors (Lipinski definition) is 0. The van der Waals surface area contributed by atoms with Gasteiger partial charge in [-0.15, -0.1) is 0 Å². The molecule has 0 rings (SSSR count). The van der Waals surface area contributed by atoms with E-state index < -0.39 is 0 Å². The van der Waals surface area contributed by atoms with Gasteiger partial charge in [0.25, 0.3) is 0 Å². The molecule has 0 fully saturated rings. The first kappa shape index (κ1) is 0. The third-order valence-corrected chi connectivity index (χ3v) is 0. The topological polar surface area (TPSA) is 0 Å². The van der Waals surface area contributed by atoms with Gasteiger partial charge in [0.2, 0.25) is 0 Å². The maximum Gasteiger partial charge on any atom is 0 e. The van der Waals surface area contributed by atoms with Gasteiger partial charge in [-0.25, -0.2) is 0 Å². The van der Waals surface area contributed by atoms with Crippen molar-refractivity contribution in [1.29, 1.82) is 0 Å². The van der Waals surface area contributed by atoms with Gasteiger partial charge < -0.3 is 0 Å². The van der Waals surface area contributed by atoms with Gasteiger partial charge in [0.15, 0.2) is 0 Å². The molecule has 0 saturated heterocycles. The van der Waals surface area contributed by atoms with Crippen LogP contribution in [-0.2, 0) is 0 Å². The average molecular weight is 762 g/mol. The van der Waals surface area contributed by atoms with E-state index in [1.807, 2.05) is 0 Å². The lowest BCUT2D eigenvalue weighted by Gasteiger charge is -0.0786. The lowest BCUT2D eigenvalue weighted by Crippen LogP contribution is 0.143. The van der Waals surface area contributed by atoms with Crippen LogP contribution in [-0.4, -0.2) is 0 Å². The fourth-order valence-electron chi connectivity index (χ4n) is 0. The van der Waals surface area contributed by atoms with Crippen molar-refractivity contribution >= 4 is 0 Å². The van der Waals surface area contributed by atoms with Crippen molar-refractivity contribution in [2.75, 3.05) is 0 Å². The van der Waals surface area contributed by atoms with Gasteiger partial charge in [-0.05, 0) is 0 Å². The molecule has 0 nitrogen and oxygen atoms in total. The van der Waals surface area contributed by atoms with Crippen molar-refractivity contribution < 1.29 is 301 Å². The first-order valence-electron chi connectivity index (χ1n) is 0. The van der Waals surface area contributed by atoms with Crippen LogP contribution in [0.2, 0.25) is 0 Å². The van der Waals surface area contributed by atoms with Crippen LogP contribution in [0.25, 0.3) is 0 Å². The Morgan fingerprint density at radius 2 is 0.0952 bits per heavy atom. The van der Waals surface area contributed by atoms with E-state index in [1.165, 1.54) is 0 Å². The van der Waals surface area contributed by atoms with Gasteiger partial charge in [-0.2, -0.15) is 0 Å². The minimum atomic E-state index is 0. The van der Waals surface area contributed by atoms with Crippen molar-refractivity contribution in [1.82, 2.24) is 0 Å². The Morgan fingerprint density at radius 1 is 0.0952 bits per heavy atom. The van der Waals surface area contributed by atoms with E-state index in [0.29, 0.717) is 0 Å². The molecular formula is C21H506. The zero-order valence-electron chi connectivity index (χ0n) is 0. The molecule has 0 unspecified atom stereocenters. The van der Waals surface area contributed by atoms with Crippen molar-refractivity contribution in [3.8, 4) is 0 Å². The lowest BCUT2D eigenvalue weighted by atomic mass is 12.0. The molecule has 0 aliphatic rings. The molecule has 0 N–H and O–H groups in total. The molecule has 0 heterocycles. The van der Waals surface area contributed by atoms with Crippen molar-refractivity contribution in [2.24, 2.45) is 0 Å². The van der Waals surface area contributed by atoms with Crippen LogP contribution in [0.4, 0.5) is 0 Å². The molecule has 0 aliphatic carbocycles. The summed E-state index contributed by atoms with van der Waals surface area (Å²) in [6.07, 6.45) is 0. The maximum atomic E-state index is 0. The summed E-state index contributed by atoms with van der Waals surface area (Å²) in [5.41, 5.74) is 0. The SMILES string of the molecule is C.C.C.C.C.C.C.C.C.C.C.C.C.C.C.C.C.C.C.C.C.[HH].[HH].[HH].[HH].[HH].[HH].[HH].[HH].[HH].[HH].[HH].[HH].[HH].[HH].[HH].[HH].[HH].[HH].[HH].[HH].[HH].[HH].[HH].[HH].[HH].[HH].[HH].[HH].[HH].[HH].[HH].[HH].[HH].[HH].[HH].[HH].[HH].[HH].[HH].[HH].[HH].[HH].[HH].[HH].[HH].[HH].[HH].[HH].[HH].[HH].[HH].[HH].[HH].[HH].[HH].[HH].[HH].[HH].[HH].[HH].[HH].[HH].[HH].[HH].[HH].[HH].[HH].[HH].[HH].[HH].[HH].[HH].[HH].[HH].[HH].[HH].[HH].[HH].[HH].[HH].[HH].[HH].[HH].[HH].[HH].[HH].[HH].[HH].[HH].[HH].[HH].[HH].[HH].[HH].[HH].[HH].[HH].[HH].[HH].[HH].[HH].[HH].[HH].[HH].[HH].[HH].[HH].[HH].[HH].[HH].[HH].[HH].[HH].[HH].[HH].[HH].[HH].[HH].[HH].[HH].[HH].[HH].[HH].[HH].[HH].[HH].[HH].[HH].[HH].[HH].[HH].[HH].[HH].[HH].[HH].[HH].[HH].[HH].[HH].[HH].[HH].[HH].[HH].[HH].[HH].[HH].[HH].[HH].[HH].[HH].[HH].[HH].[HH].[HH].[HH].[HH].[HH].[HH].[HH].[HH].[HH].[HH].[HH].[HH].[HH].[HH].[HH].[HH].[HH].[HH].[HH].[HH].[HH].[HH].[HH].[HH].[HH].[HH].[HH].[HH].[HH].[HH].[HH].[HH].[HH].[HH].[HH].[HH].[HH].[HH].[HH].[HH].[HH].[HH].[HH].[HH].[HH].[HH].[HH].[HH].[HH].[HH].[HH].[HH].[HH].[HH].[HH].[HH].[HH].[HH].[HH]. The molecule has 0 atom stereocenters. The Hall–Kier alpha value is 0. The van der Waals surface area contributed by atoms with Crippen molar-refractivity contribution in [2.45, 2.75) is 156 Å². The normalized spacial score (nSPS) is 0. The van der Waals surface area contributed by atoms with Crippen molar-refractivity contribution in [3.63, 3.8) is 0 Å². The molecule has 0 aromatic carbocycles. The second-order valence-corrected chi connectivity index (χ2v) is 0. The Morgan fingerprint density at radius 3 is 0.0952 bits per heavy atom. The van der Waals surface area contributed by atoms with E-state index in [4.69, 9.17) is 0 Å². The predicted molar refractivity (Wildman–Crippen MR) is 587 cm³/mol. The predicted octanol–water partition coefficient (Wildman–Crippen LogP) is 65.3. The van der Waals surface area contributed by atoms with E-state index in [0.717, 1.165) is 0 Å². The second-order valence-electron chi connectivity index (χ2n) is 0. The summed E-state index contributed by atoms with van der Waals surface area (Å²) in [5, 5.41) is 0. The summed E-state index contributed by atoms with van der Waals surface area (Å²) >= 11 is 0. The maximum absolute atomic E-state index is 0. The van der Waals surface area contributed by atoms with Gasteiger partial charge in [-0.3, -0.25) is 0 Å². The fraction of sp³-hybridized carbons (Fsp3) is 1.00. The smallest absolute Gasteiger partial charge is 0 e. The van der Waals surface area contributed by atoms with Crippen LogP contribution in [0.3, 0.4) is 0 Å². The van der Waals surface area contributed by atoms with Crippen LogP contribution >= 0.6 is 0 Å². The summed E-state index contributed by atoms with van der Waals surface area (Å²) in [4.78, 5) is 0. The van der Waals surface area contributed by atoms with Gasteiger partial charge in [0, 0.05) is 301 Å². The minimum Gasteiger partial charge on any atom is -0.0776 e. The van der Waals surface area contributed by atoms with Crippen LogP contribution in [0.1, 0.15) is 457 Å². The zero-order chi connectivity index (χ0) is 0. The number of hydrogen-bond donors (Lipinski definition) is 0. The quantitative estimate of drug-likeness (QED) is 0.231. The first-order valence-corrected chi connectivity index (χ1v) is 0. The number of rotatable bonds is 0. The molecule has 0 heteroatoms. The Balaban J connectivity index is 0. The summed E-state index contributed by atoms with van der Waals surface area (Å²) in [5.74, 6) is 0. The highest BCUT2D eigenvalue weighted by Crippen LogP contribution is 0.164. The van der Waals surface area contributed by atoms with Crippen LogP contribution < -0.4 is 0 Å². The molecule has 21 heavy (non-hydrogen) atoms. The van der Waals surface area contributed by atoms with Gasteiger partial charge >= 0.3 is 0 Å². The average Bonchev–Trinajstić information content (AvgIpc) is 0. The first-order chi connectivity index (χ1) is 0. The summed E-state index contributed by atoms with van der Waals surface area (Å²) in [6, 6.07) is 0. The highest BCUT2D eigenvalue weighted by atomic mass is 12.0. The van der Waals surface area contributed by atoms with Crippen LogP contribution in [0.15, 0.2) is 0 Å².